The van der Waals surface area contributed by atoms with Crippen molar-refractivity contribution in [1.82, 2.24) is 19.4 Å². The van der Waals surface area contributed by atoms with E-state index in [2.05, 4.69) is 4.98 Å². The van der Waals surface area contributed by atoms with E-state index in [9.17, 15) is 24.3 Å². The number of nitrogens with zero attached hydrogens (tertiary/aromatic N) is 3. The molecule has 1 aliphatic heterocycles. The molecule has 1 saturated heterocycles. The summed E-state index contributed by atoms with van der Waals surface area (Å²) in [6.07, 6.45) is 0. The lowest BCUT2D eigenvalue weighted by molar-refractivity contribution is 0.0534. The van der Waals surface area contributed by atoms with E-state index in [4.69, 9.17) is 0 Å². The summed E-state index contributed by atoms with van der Waals surface area (Å²) >= 11 is 0. The number of aromatic hydroxyl groups is 1. The average Bonchev–Trinajstić information content (AvgIpc) is 2.79. The lowest BCUT2D eigenvalue weighted by Crippen LogP contribution is -2.50. The Morgan fingerprint density at radius 3 is 2.26 bits per heavy atom. The standard InChI is InChI=1S/C22H22N4O5/c1-2-26-17-8-7-14(13-16(17)23-19(28)22(26)31)20(29)24-9-11-25(12-10-24)21(30)15-5-3-4-6-18(15)27/h3-8,13,27H,2,9-12H2,1H3,(H,23,28). The van der Waals surface area contributed by atoms with E-state index in [1.165, 1.54) is 10.6 Å². The van der Waals surface area contributed by atoms with Crippen molar-refractivity contribution in [3.05, 3.63) is 74.3 Å². The number of piperazine rings is 1. The Balaban J connectivity index is 1.51. The highest BCUT2D eigenvalue weighted by atomic mass is 16.3. The molecule has 0 spiro atoms. The van der Waals surface area contributed by atoms with Gasteiger partial charge in [-0.1, -0.05) is 12.1 Å². The fraction of sp³-hybridized carbons (Fsp3) is 0.273. The van der Waals surface area contributed by atoms with Crippen LogP contribution in [0.2, 0.25) is 0 Å². The lowest BCUT2D eigenvalue weighted by atomic mass is 10.1. The summed E-state index contributed by atoms with van der Waals surface area (Å²) < 4.78 is 1.37. The first kappa shape index (κ1) is 20.4. The van der Waals surface area contributed by atoms with E-state index in [0.29, 0.717) is 49.3 Å². The molecule has 0 saturated carbocycles. The summed E-state index contributed by atoms with van der Waals surface area (Å²) in [5.74, 6) is -0.556. The normalized spacial score (nSPS) is 14.1. The minimum absolute atomic E-state index is 0.0679. The molecule has 2 aromatic carbocycles. The Kier molecular flexibility index (Phi) is 5.33. The lowest BCUT2D eigenvalue weighted by Gasteiger charge is -2.35. The zero-order valence-corrected chi connectivity index (χ0v) is 17.0. The summed E-state index contributed by atoms with van der Waals surface area (Å²) in [5.41, 5.74) is 0.259. The topological polar surface area (TPSA) is 116 Å². The number of benzene rings is 2. The number of aromatic nitrogens is 2. The summed E-state index contributed by atoms with van der Waals surface area (Å²) in [5, 5.41) is 9.90. The van der Waals surface area contributed by atoms with Gasteiger partial charge in [-0.2, -0.15) is 0 Å². The number of hydrogen-bond acceptors (Lipinski definition) is 5. The number of rotatable bonds is 3. The van der Waals surface area contributed by atoms with Gasteiger partial charge in [0.1, 0.15) is 5.75 Å². The second kappa shape index (κ2) is 8.10. The van der Waals surface area contributed by atoms with Crippen LogP contribution in [0.4, 0.5) is 0 Å². The van der Waals surface area contributed by atoms with Crippen LogP contribution >= 0.6 is 0 Å². The third kappa shape index (κ3) is 3.70. The van der Waals surface area contributed by atoms with Crippen LogP contribution in [0.25, 0.3) is 11.0 Å². The summed E-state index contributed by atoms with van der Waals surface area (Å²) in [7, 11) is 0. The molecule has 1 aliphatic rings. The van der Waals surface area contributed by atoms with Gasteiger partial charge in [0.05, 0.1) is 16.6 Å². The Morgan fingerprint density at radius 1 is 0.968 bits per heavy atom. The molecule has 2 amide bonds. The number of fused-ring (bicyclic) bond motifs is 1. The first-order valence-corrected chi connectivity index (χ1v) is 10.0. The SMILES string of the molecule is CCn1c(=O)c(=O)[nH]c2cc(C(=O)N3CCN(C(=O)c4ccccc4O)CC3)ccc21. The maximum atomic E-state index is 13.0. The summed E-state index contributed by atoms with van der Waals surface area (Å²) in [6, 6.07) is 11.2. The number of aryl methyl sites for hydroxylation is 1. The van der Waals surface area contributed by atoms with Crippen molar-refractivity contribution in [1.29, 1.82) is 0 Å². The first-order valence-electron chi connectivity index (χ1n) is 10.0. The molecule has 1 fully saturated rings. The van der Waals surface area contributed by atoms with E-state index in [-0.39, 0.29) is 23.1 Å². The Labute approximate surface area is 177 Å². The van der Waals surface area contributed by atoms with Crippen LogP contribution in [-0.4, -0.2) is 62.5 Å². The quantitative estimate of drug-likeness (QED) is 0.612. The Hall–Kier alpha value is -3.88. The molecule has 0 atom stereocenters. The predicted octanol–water partition coefficient (Wildman–Crippen LogP) is 1.01. The van der Waals surface area contributed by atoms with Crippen LogP contribution in [0.5, 0.6) is 5.75 Å². The minimum atomic E-state index is -0.727. The highest BCUT2D eigenvalue weighted by molar-refractivity contribution is 5.98. The number of phenolic OH excluding ortho intramolecular Hbond substituents is 1. The van der Waals surface area contributed by atoms with Crippen molar-refractivity contribution in [3.63, 3.8) is 0 Å². The van der Waals surface area contributed by atoms with Gasteiger partial charge in [-0.25, -0.2) is 0 Å². The molecule has 2 N–H and O–H groups in total. The maximum Gasteiger partial charge on any atom is 0.316 e. The van der Waals surface area contributed by atoms with Crippen molar-refractivity contribution in [2.24, 2.45) is 0 Å². The fourth-order valence-corrected chi connectivity index (χ4v) is 3.85. The van der Waals surface area contributed by atoms with E-state index < -0.39 is 11.1 Å². The zero-order valence-electron chi connectivity index (χ0n) is 17.0. The van der Waals surface area contributed by atoms with E-state index in [1.807, 2.05) is 0 Å². The zero-order chi connectivity index (χ0) is 22.1. The molecule has 9 nitrogen and oxygen atoms in total. The van der Waals surface area contributed by atoms with Crippen LogP contribution in [0.1, 0.15) is 27.6 Å². The van der Waals surface area contributed by atoms with Crippen molar-refractivity contribution in [3.8, 4) is 5.75 Å². The molecule has 9 heteroatoms. The Bertz CT molecular complexity index is 1290. The van der Waals surface area contributed by atoms with Gasteiger partial charge in [0.25, 0.3) is 11.8 Å². The number of carbonyl (C=O) groups is 2. The monoisotopic (exact) mass is 422 g/mol. The fourth-order valence-electron chi connectivity index (χ4n) is 3.85. The van der Waals surface area contributed by atoms with Crippen LogP contribution in [-0.2, 0) is 6.54 Å². The third-order valence-corrected chi connectivity index (χ3v) is 5.53. The molecule has 4 rings (SSSR count). The molecule has 0 bridgehead atoms. The van der Waals surface area contributed by atoms with Crippen molar-refractivity contribution in [2.45, 2.75) is 13.5 Å². The second-order valence-electron chi connectivity index (χ2n) is 7.34. The smallest absolute Gasteiger partial charge is 0.316 e. The van der Waals surface area contributed by atoms with Crippen LogP contribution in [0.3, 0.4) is 0 Å². The van der Waals surface area contributed by atoms with Crippen LogP contribution in [0.15, 0.2) is 52.1 Å². The molecular formula is C22H22N4O5. The molecule has 2 heterocycles. The molecular weight excluding hydrogens is 400 g/mol. The van der Waals surface area contributed by atoms with E-state index in [1.54, 1.807) is 53.1 Å². The van der Waals surface area contributed by atoms with Gasteiger partial charge in [0, 0.05) is 38.3 Å². The minimum Gasteiger partial charge on any atom is -0.507 e. The first-order chi connectivity index (χ1) is 14.9. The van der Waals surface area contributed by atoms with Crippen molar-refractivity contribution < 1.29 is 14.7 Å². The average molecular weight is 422 g/mol. The highest BCUT2D eigenvalue weighted by Gasteiger charge is 2.26. The van der Waals surface area contributed by atoms with Gasteiger partial charge < -0.3 is 24.5 Å². The highest BCUT2D eigenvalue weighted by Crippen LogP contribution is 2.20. The molecule has 0 aliphatic carbocycles. The number of nitrogens with one attached hydrogen (secondary N) is 1. The van der Waals surface area contributed by atoms with Crippen LogP contribution < -0.4 is 11.1 Å². The number of hydrogen-bond donors (Lipinski definition) is 2. The molecule has 3 aromatic rings. The summed E-state index contributed by atoms with van der Waals surface area (Å²) in [6.45, 7) is 3.51. The van der Waals surface area contributed by atoms with Gasteiger partial charge in [-0.05, 0) is 37.3 Å². The second-order valence-corrected chi connectivity index (χ2v) is 7.34. The number of para-hydroxylation sites is 1. The number of amides is 2. The van der Waals surface area contributed by atoms with Crippen molar-refractivity contribution >= 4 is 22.8 Å². The molecule has 31 heavy (non-hydrogen) atoms. The van der Waals surface area contributed by atoms with Gasteiger partial charge in [0.2, 0.25) is 0 Å². The summed E-state index contributed by atoms with van der Waals surface area (Å²) in [4.78, 5) is 55.3. The number of carbonyl (C=O) groups excluding carboxylic acids is 2. The van der Waals surface area contributed by atoms with Gasteiger partial charge >= 0.3 is 11.1 Å². The molecule has 0 radical (unpaired) electrons. The van der Waals surface area contributed by atoms with Gasteiger partial charge in [0.15, 0.2) is 0 Å². The van der Waals surface area contributed by atoms with Crippen LogP contribution in [0, 0.1) is 0 Å². The molecule has 160 valence electrons. The predicted molar refractivity (Wildman–Crippen MR) is 114 cm³/mol. The molecule has 0 unspecified atom stereocenters. The molecule has 1 aromatic heterocycles. The largest absolute Gasteiger partial charge is 0.507 e. The van der Waals surface area contributed by atoms with Gasteiger partial charge in [-0.15, -0.1) is 0 Å². The number of H-pyrrole nitrogens is 1. The third-order valence-electron chi connectivity index (χ3n) is 5.53. The number of phenols is 1. The van der Waals surface area contributed by atoms with E-state index in [0.717, 1.165) is 0 Å². The van der Waals surface area contributed by atoms with Gasteiger partial charge in [-0.3, -0.25) is 19.2 Å². The number of aromatic amines is 1. The van der Waals surface area contributed by atoms with E-state index >= 15 is 0 Å². The van der Waals surface area contributed by atoms with Crippen molar-refractivity contribution in [2.75, 3.05) is 26.2 Å². The maximum absolute atomic E-state index is 13.0. The Morgan fingerprint density at radius 2 is 1.61 bits per heavy atom.